The van der Waals surface area contributed by atoms with Crippen molar-refractivity contribution in [3.63, 3.8) is 0 Å². The monoisotopic (exact) mass is 476 g/mol. The number of nitrogens with zero attached hydrogens (tertiary/aromatic N) is 1. The molecule has 2 aliphatic heterocycles. The fourth-order valence-electron chi connectivity index (χ4n) is 4.01. The average molecular weight is 477 g/mol. The Morgan fingerprint density at radius 1 is 1.12 bits per heavy atom. The molecule has 2 aromatic carbocycles. The minimum absolute atomic E-state index is 0.0858. The highest BCUT2D eigenvalue weighted by molar-refractivity contribution is 7.89. The molecular formula is C23H28N2O7S. The van der Waals surface area contributed by atoms with Gasteiger partial charge in [0.1, 0.15) is 19.3 Å². The molecule has 2 heterocycles. The first kappa shape index (κ1) is 23.2. The van der Waals surface area contributed by atoms with Crippen molar-refractivity contribution in [3.05, 3.63) is 42.0 Å². The summed E-state index contributed by atoms with van der Waals surface area (Å²) >= 11 is 0. The van der Waals surface area contributed by atoms with Gasteiger partial charge in [-0.25, -0.2) is 8.42 Å². The lowest BCUT2D eigenvalue weighted by Crippen LogP contribution is -2.45. The van der Waals surface area contributed by atoms with E-state index in [9.17, 15) is 13.2 Å². The number of ether oxygens (including phenoxy) is 4. The molecule has 0 radical (unpaired) electrons. The Kier molecular flexibility index (Phi) is 6.94. The van der Waals surface area contributed by atoms with E-state index in [1.165, 1.54) is 16.4 Å². The van der Waals surface area contributed by atoms with Crippen molar-refractivity contribution in [3.8, 4) is 23.0 Å². The van der Waals surface area contributed by atoms with Gasteiger partial charge in [0.25, 0.3) is 0 Å². The number of fused-ring (bicyclic) bond motifs is 1. The van der Waals surface area contributed by atoms with Crippen LogP contribution in [-0.2, 0) is 21.4 Å². The number of rotatable bonds is 8. The topological polar surface area (TPSA) is 103 Å². The molecule has 178 valence electrons. The Bertz CT molecular complexity index is 1120. The summed E-state index contributed by atoms with van der Waals surface area (Å²) in [6.07, 6.45) is 1.07. The van der Waals surface area contributed by atoms with Gasteiger partial charge in [-0.1, -0.05) is 6.07 Å². The molecule has 9 nitrogen and oxygen atoms in total. The Morgan fingerprint density at radius 3 is 2.67 bits per heavy atom. The summed E-state index contributed by atoms with van der Waals surface area (Å²) < 4.78 is 49.8. The number of amides is 1. The van der Waals surface area contributed by atoms with Crippen LogP contribution in [0, 0.1) is 0 Å². The quantitative estimate of drug-likeness (QED) is 0.624. The molecule has 1 N–H and O–H groups in total. The smallest absolute Gasteiger partial charge is 0.243 e. The van der Waals surface area contributed by atoms with Gasteiger partial charge < -0.3 is 24.3 Å². The molecule has 0 aromatic heterocycles. The summed E-state index contributed by atoms with van der Waals surface area (Å²) in [5.41, 5.74) is 0.822. The van der Waals surface area contributed by atoms with E-state index in [-0.39, 0.29) is 23.9 Å². The number of nitrogens with one attached hydrogen (secondary N) is 1. The van der Waals surface area contributed by atoms with Crippen molar-refractivity contribution in [2.24, 2.45) is 0 Å². The predicted octanol–water partition coefficient (Wildman–Crippen LogP) is 2.33. The van der Waals surface area contributed by atoms with E-state index in [4.69, 9.17) is 18.9 Å². The third kappa shape index (κ3) is 4.86. The molecule has 4 rings (SSSR count). The molecule has 10 heteroatoms. The van der Waals surface area contributed by atoms with Gasteiger partial charge in [-0.05, 0) is 49.6 Å². The Hall–Kier alpha value is -2.98. The van der Waals surface area contributed by atoms with Crippen LogP contribution in [0.5, 0.6) is 23.0 Å². The molecule has 0 bridgehead atoms. The molecule has 33 heavy (non-hydrogen) atoms. The number of benzene rings is 2. The summed E-state index contributed by atoms with van der Waals surface area (Å²) in [6.45, 7) is 3.72. The van der Waals surface area contributed by atoms with Gasteiger partial charge in [0, 0.05) is 19.2 Å². The minimum Gasteiger partial charge on any atom is -0.493 e. The normalized spacial score (nSPS) is 18.1. The second kappa shape index (κ2) is 9.88. The fourth-order valence-corrected chi connectivity index (χ4v) is 5.69. The van der Waals surface area contributed by atoms with Crippen LogP contribution in [0.4, 0.5) is 0 Å². The summed E-state index contributed by atoms with van der Waals surface area (Å²) in [5, 5.41) is 2.86. The van der Waals surface area contributed by atoms with Gasteiger partial charge in [0.15, 0.2) is 23.0 Å². The van der Waals surface area contributed by atoms with Crippen LogP contribution in [0.15, 0.2) is 41.3 Å². The maximum atomic E-state index is 13.3. The van der Waals surface area contributed by atoms with E-state index in [2.05, 4.69) is 5.32 Å². The van der Waals surface area contributed by atoms with E-state index in [1.54, 1.807) is 25.3 Å². The van der Waals surface area contributed by atoms with Crippen molar-refractivity contribution in [2.45, 2.75) is 37.2 Å². The first-order valence-corrected chi connectivity index (χ1v) is 12.4. The van der Waals surface area contributed by atoms with Gasteiger partial charge in [-0.15, -0.1) is 0 Å². The maximum Gasteiger partial charge on any atom is 0.243 e. The van der Waals surface area contributed by atoms with Crippen LogP contribution in [0.1, 0.15) is 25.3 Å². The van der Waals surface area contributed by atoms with E-state index in [1.807, 2.05) is 13.0 Å². The molecule has 0 spiro atoms. The van der Waals surface area contributed by atoms with Crippen molar-refractivity contribution >= 4 is 15.9 Å². The standard InChI is InChI=1S/C23H28N2O7S/c1-3-30-19-8-6-16(13-21(19)29-2)15-24-23(26)18-5-4-10-25(18)33(27,28)17-7-9-20-22(14-17)32-12-11-31-20/h6-9,13-14,18H,3-5,10-12,15H2,1-2H3,(H,24,26). The van der Waals surface area contributed by atoms with Crippen LogP contribution in [-0.4, -0.2) is 58.1 Å². The minimum atomic E-state index is -3.87. The molecule has 2 aromatic rings. The maximum absolute atomic E-state index is 13.3. The van der Waals surface area contributed by atoms with Gasteiger partial charge in [0.05, 0.1) is 18.6 Å². The third-order valence-corrected chi connectivity index (χ3v) is 7.53. The molecule has 1 saturated heterocycles. The number of carbonyl (C=O) groups is 1. The molecule has 0 saturated carbocycles. The van der Waals surface area contributed by atoms with Gasteiger partial charge >= 0.3 is 0 Å². The average Bonchev–Trinajstić information content (AvgIpc) is 3.34. The van der Waals surface area contributed by atoms with Crippen LogP contribution >= 0.6 is 0 Å². The SMILES string of the molecule is CCOc1ccc(CNC(=O)C2CCCN2S(=O)(=O)c2ccc3c(c2)OCCO3)cc1OC. The zero-order chi connectivity index (χ0) is 23.4. The Balaban J connectivity index is 1.46. The fraction of sp³-hybridized carbons (Fsp3) is 0.435. The highest BCUT2D eigenvalue weighted by atomic mass is 32.2. The first-order chi connectivity index (χ1) is 15.9. The predicted molar refractivity (Wildman–Crippen MR) is 120 cm³/mol. The number of methoxy groups -OCH3 is 1. The molecule has 2 aliphatic rings. The van der Waals surface area contributed by atoms with Crippen molar-refractivity contribution in [2.75, 3.05) is 33.5 Å². The van der Waals surface area contributed by atoms with Gasteiger partial charge in [-0.3, -0.25) is 4.79 Å². The van der Waals surface area contributed by atoms with E-state index in [0.717, 1.165) is 5.56 Å². The lowest BCUT2D eigenvalue weighted by molar-refractivity contribution is -0.124. The lowest BCUT2D eigenvalue weighted by atomic mass is 10.1. The van der Waals surface area contributed by atoms with Crippen LogP contribution < -0.4 is 24.3 Å². The second-order valence-corrected chi connectivity index (χ2v) is 9.61. The van der Waals surface area contributed by atoms with Crippen LogP contribution in [0.2, 0.25) is 0 Å². The number of hydrogen-bond acceptors (Lipinski definition) is 7. The van der Waals surface area contributed by atoms with Crippen molar-refractivity contribution < 1.29 is 32.2 Å². The number of carbonyl (C=O) groups excluding carboxylic acids is 1. The largest absolute Gasteiger partial charge is 0.493 e. The van der Waals surface area contributed by atoms with Crippen LogP contribution in [0.25, 0.3) is 0 Å². The molecule has 1 atom stereocenters. The molecule has 1 amide bonds. The first-order valence-electron chi connectivity index (χ1n) is 10.9. The zero-order valence-corrected chi connectivity index (χ0v) is 19.5. The molecule has 1 fully saturated rings. The van der Waals surface area contributed by atoms with Crippen molar-refractivity contribution in [1.29, 1.82) is 0 Å². The molecule has 1 unspecified atom stereocenters. The summed E-state index contributed by atoms with van der Waals surface area (Å²) in [6, 6.07) is 9.19. The summed E-state index contributed by atoms with van der Waals surface area (Å²) in [5.74, 6) is 1.78. The van der Waals surface area contributed by atoms with Gasteiger partial charge in [-0.2, -0.15) is 4.31 Å². The van der Waals surface area contributed by atoms with Crippen LogP contribution in [0.3, 0.4) is 0 Å². The molecule has 0 aliphatic carbocycles. The Morgan fingerprint density at radius 2 is 1.91 bits per heavy atom. The Labute approximate surface area is 193 Å². The highest BCUT2D eigenvalue weighted by Crippen LogP contribution is 2.35. The third-order valence-electron chi connectivity index (χ3n) is 5.62. The van der Waals surface area contributed by atoms with E-state index in [0.29, 0.717) is 55.7 Å². The zero-order valence-electron chi connectivity index (χ0n) is 18.7. The second-order valence-electron chi connectivity index (χ2n) is 7.72. The lowest BCUT2D eigenvalue weighted by Gasteiger charge is -2.24. The molecular weight excluding hydrogens is 448 g/mol. The highest BCUT2D eigenvalue weighted by Gasteiger charge is 2.39. The number of hydrogen-bond donors (Lipinski definition) is 1. The van der Waals surface area contributed by atoms with E-state index < -0.39 is 16.1 Å². The summed E-state index contributed by atoms with van der Waals surface area (Å²) in [7, 11) is -2.32. The van der Waals surface area contributed by atoms with Crippen molar-refractivity contribution in [1.82, 2.24) is 9.62 Å². The van der Waals surface area contributed by atoms with Gasteiger partial charge in [0.2, 0.25) is 15.9 Å². The number of sulfonamides is 1. The van der Waals surface area contributed by atoms with E-state index >= 15 is 0 Å². The summed E-state index contributed by atoms with van der Waals surface area (Å²) in [4.78, 5) is 13.0.